The number of para-hydroxylation sites is 1. The van der Waals surface area contributed by atoms with Crippen LogP contribution in [0, 0.1) is 6.92 Å². The molecule has 0 aliphatic carbocycles. The van der Waals surface area contributed by atoms with Gasteiger partial charge in [0.1, 0.15) is 12.1 Å². The fraction of sp³-hybridized carbons (Fsp3) is 0.154. The maximum absolute atomic E-state index is 12.3. The number of rotatable bonds is 7. The highest BCUT2D eigenvalue weighted by Crippen LogP contribution is 2.24. The molecule has 2 N–H and O–H groups in total. The number of alkyl halides is 3. The van der Waals surface area contributed by atoms with Gasteiger partial charge in [-0.05, 0) is 66.5 Å². The van der Waals surface area contributed by atoms with Crippen LogP contribution in [-0.2, 0) is 6.42 Å². The van der Waals surface area contributed by atoms with Crippen molar-refractivity contribution in [3.63, 3.8) is 0 Å². The van der Waals surface area contributed by atoms with Crippen LogP contribution in [-0.4, -0.2) is 32.5 Å². The molecule has 0 fully saturated rings. The van der Waals surface area contributed by atoms with E-state index in [-0.39, 0.29) is 5.75 Å². The van der Waals surface area contributed by atoms with Crippen LogP contribution >= 0.6 is 12.2 Å². The summed E-state index contributed by atoms with van der Waals surface area (Å²) in [6.45, 7) is 4.11. The molecule has 0 aliphatic rings. The van der Waals surface area contributed by atoms with E-state index < -0.39 is 6.36 Å². The zero-order valence-electron chi connectivity index (χ0n) is 20.0. The van der Waals surface area contributed by atoms with Crippen LogP contribution in [0.3, 0.4) is 0 Å². The lowest BCUT2D eigenvalue weighted by molar-refractivity contribution is -0.274. The van der Waals surface area contributed by atoms with Crippen molar-refractivity contribution < 1.29 is 17.9 Å². The molecule has 4 rings (SSSR count). The second kappa shape index (κ2) is 11.2. The zero-order valence-corrected chi connectivity index (χ0v) is 20.8. The first-order valence-electron chi connectivity index (χ1n) is 11.3. The van der Waals surface area contributed by atoms with Gasteiger partial charge < -0.3 is 10.1 Å². The smallest absolute Gasteiger partial charge is 0.406 e. The van der Waals surface area contributed by atoms with Crippen LogP contribution in [0.4, 0.5) is 18.9 Å². The fourth-order valence-electron chi connectivity index (χ4n) is 3.55. The van der Waals surface area contributed by atoms with Gasteiger partial charge in [0.15, 0.2) is 10.9 Å². The van der Waals surface area contributed by atoms with Gasteiger partial charge in [0, 0.05) is 11.3 Å². The van der Waals surface area contributed by atoms with Gasteiger partial charge in [-0.25, -0.2) is 9.67 Å². The molecular weight excluding hydrogens is 501 g/mol. The summed E-state index contributed by atoms with van der Waals surface area (Å²) in [5.41, 5.74) is 8.25. The Kier molecular flexibility index (Phi) is 7.83. The lowest BCUT2D eigenvalue weighted by atomic mass is 10.1. The summed E-state index contributed by atoms with van der Waals surface area (Å²) in [5.74, 6) is 0.160. The molecule has 37 heavy (non-hydrogen) atoms. The molecule has 0 amide bonds. The highest BCUT2D eigenvalue weighted by molar-refractivity contribution is 7.80. The van der Waals surface area contributed by atoms with Gasteiger partial charge in [-0.1, -0.05) is 49.4 Å². The minimum absolute atomic E-state index is 0.305. The summed E-state index contributed by atoms with van der Waals surface area (Å²) >= 11 is 5.36. The van der Waals surface area contributed by atoms with Gasteiger partial charge in [0.05, 0.1) is 11.9 Å². The van der Waals surface area contributed by atoms with Gasteiger partial charge in [-0.15, -0.1) is 18.3 Å². The highest BCUT2D eigenvalue weighted by Gasteiger charge is 2.31. The summed E-state index contributed by atoms with van der Waals surface area (Å²) in [7, 11) is 0. The molecule has 1 aromatic heterocycles. The Morgan fingerprint density at radius 2 is 1.81 bits per heavy atom. The monoisotopic (exact) mass is 524 g/mol. The Hall–Kier alpha value is -4.25. The summed E-state index contributed by atoms with van der Waals surface area (Å²) in [6, 6.07) is 18.9. The Bertz CT molecular complexity index is 1400. The molecule has 0 saturated carbocycles. The van der Waals surface area contributed by atoms with Crippen molar-refractivity contribution in [1.82, 2.24) is 20.2 Å². The second-order valence-corrected chi connectivity index (χ2v) is 8.37. The van der Waals surface area contributed by atoms with E-state index in [2.05, 4.69) is 43.7 Å². The molecule has 3 aromatic carbocycles. The van der Waals surface area contributed by atoms with E-state index in [4.69, 9.17) is 12.2 Å². The Morgan fingerprint density at radius 3 is 2.49 bits per heavy atom. The molecule has 7 nitrogen and oxygen atoms in total. The summed E-state index contributed by atoms with van der Waals surface area (Å²) in [4.78, 5) is 4.29. The first-order valence-corrected chi connectivity index (χ1v) is 11.7. The highest BCUT2D eigenvalue weighted by atomic mass is 32.1. The summed E-state index contributed by atoms with van der Waals surface area (Å²) in [6.07, 6.45) is -0.719. The van der Waals surface area contributed by atoms with Crippen molar-refractivity contribution in [3.8, 4) is 22.8 Å². The van der Waals surface area contributed by atoms with Crippen LogP contribution < -0.4 is 15.5 Å². The van der Waals surface area contributed by atoms with Gasteiger partial charge in [0.25, 0.3) is 0 Å². The topological polar surface area (TPSA) is 76.4 Å². The zero-order chi connectivity index (χ0) is 26.4. The Labute approximate surface area is 217 Å². The molecule has 11 heteroatoms. The molecule has 0 saturated heterocycles. The maximum Gasteiger partial charge on any atom is 0.573 e. The third-order valence-electron chi connectivity index (χ3n) is 5.35. The predicted molar refractivity (Wildman–Crippen MR) is 141 cm³/mol. The van der Waals surface area contributed by atoms with Crippen molar-refractivity contribution >= 4 is 29.2 Å². The predicted octanol–water partition coefficient (Wildman–Crippen LogP) is 6.02. The lowest BCUT2D eigenvalue weighted by Gasteiger charge is -2.14. The number of halogens is 3. The van der Waals surface area contributed by atoms with Gasteiger partial charge in [-0.3, -0.25) is 5.43 Å². The number of ether oxygens (including phenoxy) is 1. The van der Waals surface area contributed by atoms with E-state index in [0.29, 0.717) is 16.6 Å². The lowest BCUT2D eigenvalue weighted by Crippen LogP contribution is -2.25. The number of nitrogens with one attached hydrogen (secondary N) is 2. The van der Waals surface area contributed by atoms with E-state index in [1.807, 2.05) is 43.3 Å². The molecule has 0 unspecified atom stereocenters. The number of hydrazone groups is 1. The first-order chi connectivity index (χ1) is 17.7. The van der Waals surface area contributed by atoms with E-state index in [1.165, 1.54) is 40.8 Å². The summed E-state index contributed by atoms with van der Waals surface area (Å²) in [5, 5.41) is 12.2. The SMILES string of the molecule is CCc1cccc(C)c1NC(=S)NN=Cc1ccc(-c2ncn(-c3ccc(OC(F)(F)F)cc3)n2)cc1. The number of aryl methyl sites for hydroxylation is 2. The van der Waals surface area contributed by atoms with E-state index in [1.54, 1.807) is 6.21 Å². The molecular formula is C26H23F3N6OS. The Morgan fingerprint density at radius 1 is 1.08 bits per heavy atom. The third-order valence-corrected chi connectivity index (χ3v) is 5.55. The third kappa shape index (κ3) is 6.91. The average Bonchev–Trinajstić information content (AvgIpc) is 3.35. The molecule has 0 radical (unpaired) electrons. The van der Waals surface area contributed by atoms with Gasteiger partial charge >= 0.3 is 6.36 Å². The maximum atomic E-state index is 12.3. The van der Waals surface area contributed by atoms with E-state index >= 15 is 0 Å². The van der Waals surface area contributed by atoms with Crippen molar-refractivity contribution in [2.24, 2.45) is 5.10 Å². The number of aromatic nitrogens is 3. The van der Waals surface area contributed by atoms with Crippen LogP contribution in [0.15, 0.2) is 78.2 Å². The largest absolute Gasteiger partial charge is 0.573 e. The van der Waals surface area contributed by atoms with Crippen molar-refractivity contribution in [1.29, 1.82) is 0 Å². The molecule has 0 aliphatic heterocycles. The normalized spacial score (nSPS) is 11.5. The molecule has 0 atom stereocenters. The number of benzene rings is 3. The average molecular weight is 525 g/mol. The second-order valence-electron chi connectivity index (χ2n) is 7.96. The number of nitrogens with zero attached hydrogens (tertiary/aromatic N) is 4. The van der Waals surface area contributed by atoms with Crippen molar-refractivity contribution in [2.45, 2.75) is 26.6 Å². The Balaban J connectivity index is 1.35. The molecule has 4 aromatic rings. The van der Waals surface area contributed by atoms with E-state index in [9.17, 15) is 13.2 Å². The first kappa shape index (κ1) is 25.8. The van der Waals surface area contributed by atoms with E-state index in [0.717, 1.165) is 28.8 Å². The van der Waals surface area contributed by atoms with Crippen LogP contribution in [0.2, 0.25) is 0 Å². The number of thiocarbonyl (C=S) groups is 1. The molecule has 1 heterocycles. The van der Waals surface area contributed by atoms with Crippen molar-refractivity contribution in [2.75, 3.05) is 5.32 Å². The number of hydrogen-bond donors (Lipinski definition) is 2. The van der Waals surface area contributed by atoms with Gasteiger partial charge in [0.2, 0.25) is 0 Å². The quantitative estimate of drug-likeness (QED) is 0.175. The van der Waals surface area contributed by atoms with Crippen molar-refractivity contribution in [3.05, 3.63) is 89.7 Å². The van der Waals surface area contributed by atoms with Crippen LogP contribution in [0.1, 0.15) is 23.6 Å². The molecule has 0 bridgehead atoms. The number of anilines is 1. The minimum Gasteiger partial charge on any atom is -0.406 e. The van der Waals surface area contributed by atoms with Gasteiger partial charge in [-0.2, -0.15) is 5.10 Å². The standard InChI is InChI=1S/C26H23F3N6OS/c1-3-19-6-4-5-17(2)23(19)32-25(37)33-31-15-18-7-9-20(10-8-18)24-30-16-35(34-24)21-11-13-22(14-12-21)36-26(27,28)29/h4-16H,3H2,1-2H3,(H2,32,33,37). The minimum atomic E-state index is -4.74. The van der Waals surface area contributed by atoms with Crippen LogP contribution in [0.5, 0.6) is 5.75 Å². The molecule has 190 valence electrons. The fourth-order valence-corrected chi connectivity index (χ4v) is 3.70. The number of hydrogen-bond acceptors (Lipinski definition) is 5. The molecule has 0 spiro atoms. The summed E-state index contributed by atoms with van der Waals surface area (Å²) < 4.78 is 42.4. The van der Waals surface area contributed by atoms with Crippen LogP contribution in [0.25, 0.3) is 17.1 Å².